The Morgan fingerprint density at radius 2 is 2.10 bits per heavy atom. The first-order valence-electron chi connectivity index (χ1n) is 6.58. The summed E-state index contributed by atoms with van der Waals surface area (Å²) in [6.45, 7) is 3.95. The molecule has 0 aliphatic heterocycles. The second-order valence-corrected chi connectivity index (χ2v) is 5.09. The summed E-state index contributed by atoms with van der Waals surface area (Å²) in [7, 11) is 0. The highest BCUT2D eigenvalue weighted by atomic mass is 32.1. The predicted octanol–water partition coefficient (Wildman–Crippen LogP) is 2.77. The van der Waals surface area contributed by atoms with Crippen LogP contribution in [0.15, 0.2) is 11.4 Å². The van der Waals surface area contributed by atoms with E-state index in [0.29, 0.717) is 18.2 Å². The molecule has 1 aromatic heterocycles. The second kappa shape index (κ2) is 9.33. The molecule has 1 heterocycles. The molecule has 0 fully saturated rings. The van der Waals surface area contributed by atoms with Gasteiger partial charge in [-0.05, 0) is 24.3 Å². The zero-order valence-electron chi connectivity index (χ0n) is 11.5. The van der Waals surface area contributed by atoms with Crippen LogP contribution in [-0.2, 0) is 4.74 Å². The summed E-state index contributed by atoms with van der Waals surface area (Å²) in [5.74, 6) is -1.05. The van der Waals surface area contributed by atoms with Gasteiger partial charge in [-0.3, -0.25) is 5.32 Å². The lowest BCUT2D eigenvalue weighted by Crippen LogP contribution is -2.30. The van der Waals surface area contributed by atoms with Crippen molar-refractivity contribution in [3.63, 3.8) is 0 Å². The van der Waals surface area contributed by atoms with Crippen molar-refractivity contribution in [2.24, 2.45) is 0 Å². The quantitative estimate of drug-likeness (QED) is 0.612. The van der Waals surface area contributed by atoms with Crippen LogP contribution in [0.4, 0.5) is 9.80 Å². The molecule has 0 aromatic carbocycles. The Balaban J connectivity index is 2.17. The molecule has 0 spiro atoms. The van der Waals surface area contributed by atoms with E-state index >= 15 is 0 Å². The van der Waals surface area contributed by atoms with Gasteiger partial charge in [0.15, 0.2) is 0 Å². The molecule has 0 saturated carbocycles. The van der Waals surface area contributed by atoms with E-state index in [-0.39, 0.29) is 5.56 Å². The average Bonchev–Trinajstić information content (AvgIpc) is 2.86. The molecule has 0 aliphatic carbocycles. The lowest BCUT2D eigenvalue weighted by Gasteiger charge is -2.07. The number of amides is 2. The van der Waals surface area contributed by atoms with Crippen molar-refractivity contribution in [3.8, 4) is 0 Å². The normalized spacial score (nSPS) is 10.2. The molecular weight excluding hydrogens is 280 g/mol. The summed E-state index contributed by atoms with van der Waals surface area (Å²) in [5, 5.41) is 16.1. The summed E-state index contributed by atoms with van der Waals surface area (Å²) in [6.07, 6.45) is 2.88. The lowest BCUT2D eigenvalue weighted by molar-refractivity contribution is 0.0698. The summed E-state index contributed by atoms with van der Waals surface area (Å²) >= 11 is 1.18. The molecule has 112 valence electrons. The molecule has 0 radical (unpaired) electrons. The van der Waals surface area contributed by atoms with Crippen LogP contribution >= 0.6 is 11.3 Å². The molecule has 1 aromatic rings. The van der Waals surface area contributed by atoms with E-state index in [4.69, 9.17) is 9.84 Å². The SMILES string of the molecule is CCCCOCCCNC(=O)Nc1sccc1C(=O)O. The molecule has 0 aliphatic rings. The molecule has 0 atom stereocenters. The maximum Gasteiger partial charge on any atom is 0.338 e. The van der Waals surface area contributed by atoms with Crippen molar-refractivity contribution in [2.45, 2.75) is 26.2 Å². The third-order valence-corrected chi connectivity index (χ3v) is 3.35. The van der Waals surface area contributed by atoms with Crippen LogP contribution in [0.5, 0.6) is 0 Å². The van der Waals surface area contributed by atoms with Gasteiger partial charge in [0.05, 0.1) is 5.56 Å². The van der Waals surface area contributed by atoms with Gasteiger partial charge in [-0.1, -0.05) is 13.3 Å². The number of carboxylic acid groups (broad SMARTS) is 1. The topological polar surface area (TPSA) is 87.7 Å². The summed E-state index contributed by atoms with van der Waals surface area (Å²) < 4.78 is 5.36. The van der Waals surface area contributed by atoms with Crippen molar-refractivity contribution in [1.82, 2.24) is 5.32 Å². The minimum atomic E-state index is -1.05. The summed E-state index contributed by atoms with van der Waals surface area (Å²) in [4.78, 5) is 22.4. The molecule has 3 N–H and O–H groups in total. The zero-order chi connectivity index (χ0) is 14.8. The van der Waals surface area contributed by atoms with Gasteiger partial charge in [0, 0.05) is 19.8 Å². The van der Waals surface area contributed by atoms with Crippen molar-refractivity contribution in [1.29, 1.82) is 0 Å². The highest BCUT2D eigenvalue weighted by molar-refractivity contribution is 7.14. The number of carboxylic acids is 1. The average molecular weight is 300 g/mol. The monoisotopic (exact) mass is 300 g/mol. The van der Waals surface area contributed by atoms with Gasteiger partial charge in [-0.2, -0.15) is 0 Å². The van der Waals surface area contributed by atoms with Crippen molar-refractivity contribution in [2.75, 3.05) is 25.1 Å². The molecule has 7 heteroatoms. The maximum absolute atomic E-state index is 11.6. The Hall–Kier alpha value is -1.60. The first-order valence-corrected chi connectivity index (χ1v) is 7.46. The Bertz CT molecular complexity index is 434. The van der Waals surface area contributed by atoms with Crippen LogP contribution in [0.2, 0.25) is 0 Å². The molecular formula is C13H20N2O4S. The van der Waals surface area contributed by atoms with E-state index in [9.17, 15) is 9.59 Å². The van der Waals surface area contributed by atoms with Gasteiger partial charge in [0.25, 0.3) is 0 Å². The van der Waals surface area contributed by atoms with Gasteiger partial charge < -0.3 is 15.2 Å². The number of aromatic carboxylic acids is 1. The molecule has 2 amide bonds. The molecule has 20 heavy (non-hydrogen) atoms. The third-order valence-electron chi connectivity index (χ3n) is 2.52. The first kappa shape index (κ1) is 16.5. The van der Waals surface area contributed by atoms with E-state index in [1.165, 1.54) is 17.4 Å². The van der Waals surface area contributed by atoms with E-state index in [2.05, 4.69) is 17.6 Å². The van der Waals surface area contributed by atoms with Crippen LogP contribution in [0.1, 0.15) is 36.5 Å². The van der Waals surface area contributed by atoms with Gasteiger partial charge in [-0.25, -0.2) is 9.59 Å². The highest BCUT2D eigenvalue weighted by Crippen LogP contribution is 2.22. The number of hydrogen-bond acceptors (Lipinski definition) is 4. The third kappa shape index (κ3) is 6.03. The predicted molar refractivity (Wildman–Crippen MR) is 78.6 cm³/mol. The van der Waals surface area contributed by atoms with Crippen molar-refractivity contribution in [3.05, 3.63) is 17.0 Å². The van der Waals surface area contributed by atoms with E-state index in [1.54, 1.807) is 5.38 Å². The Labute approximate surface area is 122 Å². The minimum Gasteiger partial charge on any atom is -0.478 e. The van der Waals surface area contributed by atoms with Gasteiger partial charge in [-0.15, -0.1) is 11.3 Å². The number of anilines is 1. The Morgan fingerprint density at radius 3 is 2.80 bits per heavy atom. The van der Waals surface area contributed by atoms with Gasteiger partial charge in [0.2, 0.25) is 0 Å². The van der Waals surface area contributed by atoms with E-state index in [1.807, 2.05) is 0 Å². The van der Waals surface area contributed by atoms with Crippen LogP contribution in [0.3, 0.4) is 0 Å². The number of unbranched alkanes of at least 4 members (excludes halogenated alkanes) is 1. The van der Waals surface area contributed by atoms with Gasteiger partial charge in [0.1, 0.15) is 5.00 Å². The number of hydrogen-bond donors (Lipinski definition) is 3. The maximum atomic E-state index is 11.6. The summed E-state index contributed by atoms with van der Waals surface area (Å²) in [6, 6.07) is 1.06. The first-order chi connectivity index (χ1) is 9.65. The van der Waals surface area contributed by atoms with Crippen LogP contribution in [0.25, 0.3) is 0 Å². The van der Waals surface area contributed by atoms with Crippen LogP contribution in [-0.4, -0.2) is 36.9 Å². The molecule has 0 saturated heterocycles. The van der Waals surface area contributed by atoms with E-state index < -0.39 is 12.0 Å². The molecule has 0 unspecified atom stereocenters. The standard InChI is InChI=1S/C13H20N2O4S/c1-2-3-7-19-8-4-6-14-13(18)15-11-10(12(16)17)5-9-20-11/h5,9H,2-4,6-8H2,1H3,(H,16,17)(H2,14,15,18). The van der Waals surface area contributed by atoms with Crippen molar-refractivity contribution < 1.29 is 19.4 Å². The number of urea groups is 1. The number of nitrogens with one attached hydrogen (secondary N) is 2. The number of carbonyl (C=O) groups is 2. The Kier molecular flexibility index (Phi) is 7.67. The van der Waals surface area contributed by atoms with Crippen LogP contribution < -0.4 is 10.6 Å². The van der Waals surface area contributed by atoms with Gasteiger partial charge >= 0.3 is 12.0 Å². The second-order valence-electron chi connectivity index (χ2n) is 4.17. The smallest absolute Gasteiger partial charge is 0.338 e. The molecule has 1 rings (SSSR count). The Morgan fingerprint density at radius 1 is 1.35 bits per heavy atom. The zero-order valence-corrected chi connectivity index (χ0v) is 12.3. The fourth-order valence-electron chi connectivity index (χ4n) is 1.45. The summed E-state index contributed by atoms with van der Waals surface area (Å²) in [5.41, 5.74) is 0.105. The fourth-order valence-corrected chi connectivity index (χ4v) is 2.22. The number of ether oxygens (including phenoxy) is 1. The molecule has 6 nitrogen and oxygen atoms in total. The number of rotatable bonds is 9. The number of carbonyl (C=O) groups excluding carboxylic acids is 1. The minimum absolute atomic E-state index is 0.105. The lowest BCUT2D eigenvalue weighted by atomic mass is 10.3. The van der Waals surface area contributed by atoms with E-state index in [0.717, 1.165) is 25.9 Å². The molecule has 0 bridgehead atoms. The largest absolute Gasteiger partial charge is 0.478 e. The van der Waals surface area contributed by atoms with Crippen molar-refractivity contribution >= 4 is 28.3 Å². The number of thiophene rings is 1. The van der Waals surface area contributed by atoms with Crippen LogP contribution in [0, 0.1) is 0 Å². The fraction of sp³-hybridized carbons (Fsp3) is 0.538. The highest BCUT2D eigenvalue weighted by Gasteiger charge is 2.13.